The van der Waals surface area contributed by atoms with Gasteiger partial charge in [-0.25, -0.2) is 0 Å². The van der Waals surface area contributed by atoms with E-state index in [9.17, 15) is 0 Å². The molecule has 16 heavy (non-hydrogen) atoms. The fourth-order valence-electron chi connectivity index (χ4n) is 2.43. The molecule has 1 aliphatic heterocycles. The molecule has 2 rings (SSSR count). The van der Waals surface area contributed by atoms with E-state index >= 15 is 0 Å². The molecule has 0 bridgehead atoms. The van der Waals surface area contributed by atoms with Gasteiger partial charge in [0.15, 0.2) is 0 Å². The molecule has 84 valence electrons. The number of rotatable bonds is 1. The van der Waals surface area contributed by atoms with Crippen LogP contribution < -0.4 is 4.90 Å². The monoisotopic (exact) mass is 278 g/mol. The number of benzene rings is 1. The molecule has 0 aliphatic carbocycles. The molecule has 0 aromatic heterocycles. The average Bonchev–Trinajstić information content (AvgIpc) is 2.58. The molecule has 1 fully saturated rings. The Balaban J connectivity index is 2.29. The Kier molecular flexibility index (Phi) is 3.20. The highest BCUT2D eigenvalue weighted by Crippen LogP contribution is 2.31. The zero-order chi connectivity index (χ0) is 11.7. The van der Waals surface area contributed by atoms with Crippen LogP contribution >= 0.6 is 15.9 Å². The van der Waals surface area contributed by atoms with Crippen LogP contribution in [-0.4, -0.2) is 12.6 Å². The molecule has 0 radical (unpaired) electrons. The van der Waals surface area contributed by atoms with E-state index in [4.69, 9.17) is 5.26 Å². The highest BCUT2D eigenvalue weighted by atomic mass is 79.9. The lowest BCUT2D eigenvalue weighted by molar-refractivity contribution is 0.625. The molecule has 1 heterocycles. The number of nitrogens with zero attached hydrogens (tertiary/aromatic N) is 2. The molecular formula is C13H15BrN2. The lowest BCUT2D eigenvalue weighted by Gasteiger charge is -2.24. The fourth-order valence-corrected chi connectivity index (χ4v) is 2.89. The van der Waals surface area contributed by atoms with E-state index in [1.54, 1.807) is 0 Å². The first-order valence-electron chi connectivity index (χ1n) is 5.58. The molecule has 0 N–H and O–H groups in total. The summed E-state index contributed by atoms with van der Waals surface area (Å²) in [4.78, 5) is 2.41. The van der Waals surface area contributed by atoms with Crippen molar-refractivity contribution in [1.82, 2.24) is 0 Å². The molecule has 2 unspecified atom stereocenters. The molecule has 0 saturated carbocycles. The maximum Gasteiger partial charge on any atom is 0.100 e. The highest BCUT2D eigenvalue weighted by molar-refractivity contribution is 9.10. The van der Waals surface area contributed by atoms with E-state index in [1.807, 2.05) is 18.2 Å². The molecule has 1 aliphatic rings. The van der Waals surface area contributed by atoms with Crippen molar-refractivity contribution in [3.8, 4) is 6.07 Å². The minimum atomic E-state index is 0.592. The average molecular weight is 279 g/mol. The molecule has 1 saturated heterocycles. The first kappa shape index (κ1) is 11.5. The topological polar surface area (TPSA) is 27.0 Å². The summed E-state index contributed by atoms with van der Waals surface area (Å²) in [7, 11) is 0. The van der Waals surface area contributed by atoms with Crippen LogP contribution in [0.5, 0.6) is 0 Å². The third-order valence-corrected chi connectivity index (χ3v) is 3.84. The summed E-state index contributed by atoms with van der Waals surface area (Å²) in [5.74, 6) is 0.754. The molecule has 1 aromatic rings. The second-order valence-corrected chi connectivity index (χ2v) is 5.47. The van der Waals surface area contributed by atoms with Gasteiger partial charge < -0.3 is 4.90 Å². The summed E-state index contributed by atoms with van der Waals surface area (Å²) in [6, 6.07) is 8.73. The summed E-state index contributed by atoms with van der Waals surface area (Å²) >= 11 is 3.44. The van der Waals surface area contributed by atoms with Crippen LogP contribution in [0, 0.1) is 17.2 Å². The minimum absolute atomic E-state index is 0.592. The first-order chi connectivity index (χ1) is 7.61. The van der Waals surface area contributed by atoms with Gasteiger partial charge in [0.05, 0.1) is 5.56 Å². The van der Waals surface area contributed by atoms with Crippen molar-refractivity contribution >= 4 is 21.6 Å². The number of hydrogen-bond donors (Lipinski definition) is 0. The van der Waals surface area contributed by atoms with Crippen LogP contribution in [0.15, 0.2) is 22.7 Å². The number of hydrogen-bond acceptors (Lipinski definition) is 2. The van der Waals surface area contributed by atoms with Gasteiger partial charge in [-0.2, -0.15) is 5.26 Å². The Labute approximate surface area is 105 Å². The molecule has 2 nitrogen and oxygen atoms in total. The lowest BCUT2D eigenvalue weighted by Crippen LogP contribution is -2.26. The Bertz CT molecular complexity index is 436. The van der Waals surface area contributed by atoms with E-state index < -0.39 is 0 Å². The third-order valence-electron chi connectivity index (χ3n) is 3.19. The molecule has 3 heteroatoms. The van der Waals surface area contributed by atoms with Crippen LogP contribution in [0.1, 0.15) is 25.8 Å². The Morgan fingerprint density at radius 3 is 2.69 bits per heavy atom. The van der Waals surface area contributed by atoms with Crippen LogP contribution in [0.3, 0.4) is 0 Å². The van der Waals surface area contributed by atoms with Gasteiger partial charge in [-0.1, -0.05) is 6.92 Å². The summed E-state index contributed by atoms with van der Waals surface area (Å²) in [5.41, 5.74) is 1.91. The maximum atomic E-state index is 8.88. The van der Waals surface area contributed by atoms with Gasteiger partial charge in [0.1, 0.15) is 6.07 Å². The van der Waals surface area contributed by atoms with Crippen molar-refractivity contribution < 1.29 is 0 Å². The van der Waals surface area contributed by atoms with E-state index in [1.165, 1.54) is 12.1 Å². The van der Waals surface area contributed by atoms with Crippen molar-refractivity contribution in [1.29, 1.82) is 5.26 Å². The molecule has 2 atom stereocenters. The van der Waals surface area contributed by atoms with E-state index in [-0.39, 0.29) is 0 Å². The zero-order valence-electron chi connectivity index (χ0n) is 9.57. The van der Waals surface area contributed by atoms with Crippen molar-refractivity contribution in [2.75, 3.05) is 11.4 Å². The predicted octanol–water partition coefficient (Wildman–Crippen LogP) is 3.56. The second kappa shape index (κ2) is 4.47. The van der Waals surface area contributed by atoms with Crippen LogP contribution in [-0.2, 0) is 0 Å². The van der Waals surface area contributed by atoms with Crippen molar-refractivity contribution in [3.05, 3.63) is 28.2 Å². The van der Waals surface area contributed by atoms with Crippen LogP contribution in [0.4, 0.5) is 5.69 Å². The van der Waals surface area contributed by atoms with Gasteiger partial charge in [-0.15, -0.1) is 0 Å². The first-order valence-corrected chi connectivity index (χ1v) is 6.37. The van der Waals surface area contributed by atoms with Crippen molar-refractivity contribution in [2.24, 2.45) is 5.92 Å². The number of nitriles is 1. The van der Waals surface area contributed by atoms with Gasteiger partial charge >= 0.3 is 0 Å². The fraction of sp³-hybridized carbons (Fsp3) is 0.462. The van der Waals surface area contributed by atoms with E-state index in [2.05, 4.69) is 40.7 Å². The largest absolute Gasteiger partial charge is 0.369 e. The smallest absolute Gasteiger partial charge is 0.100 e. The maximum absolute atomic E-state index is 8.88. The Hall–Kier alpha value is -1.01. The quantitative estimate of drug-likeness (QED) is 0.786. The predicted molar refractivity (Wildman–Crippen MR) is 69.4 cm³/mol. The van der Waals surface area contributed by atoms with Crippen LogP contribution in [0.2, 0.25) is 0 Å². The third kappa shape index (κ3) is 2.08. The normalized spacial score (nSPS) is 24.5. The summed E-state index contributed by atoms with van der Waals surface area (Å²) < 4.78 is 0.888. The van der Waals surface area contributed by atoms with Gasteiger partial charge in [0.2, 0.25) is 0 Å². The summed E-state index contributed by atoms with van der Waals surface area (Å²) in [5, 5.41) is 8.88. The lowest BCUT2D eigenvalue weighted by atomic mass is 10.1. The van der Waals surface area contributed by atoms with Crippen molar-refractivity contribution in [3.63, 3.8) is 0 Å². The highest BCUT2D eigenvalue weighted by Gasteiger charge is 2.26. The molecular weight excluding hydrogens is 264 g/mol. The SMILES string of the molecule is CC1CC(C)N(c2ccc(C#N)c(Br)c2)C1. The van der Waals surface area contributed by atoms with E-state index in [0.29, 0.717) is 11.6 Å². The molecule has 0 spiro atoms. The van der Waals surface area contributed by atoms with Gasteiger partial charge in [-0.05, 0) is 53.4 Å². The number of halogens is 1. The van der Waals surface area contributed by atoms with Gasteiger partial charge in [0.25, 0.3) is 0 Å². The summed E-state index contributed by atoms with van der Waals surface area (Å²) in [6.07, 6.45) is 1.25. The minimum Gasteiger partial charge on any atom is -0.369 e. The standard InChI is InChI=1S/C13H15BrN2/c1-9-5-10(2)16(8-9)12-4-3-11(7-15)13(14)6-12/h3-4,6,9-10H,5,8H2,1-2H3. The Morgan fingerprint density at radius 1 is 1.44 bits per heavy atom. The van der Waals surface area contributed by atoms with Gasteiger partial charge in [-0.3, -0.25) is 0 Å². The van der Waals surface area contributed by atoms with Crippen LogP contribution in [0.25, 0.3) is 0 Å². The number of anilines is 1. The molecule has 1 aromatic carbocycles. The zero-order valence-corrected chi connectivity index (χ0v) is 11.2. The molecule has 0 amide bonds. The van der Waals surface area contributed by atoms with Gasteiger partial charge in [0, 0.05) is 22.7 Å². The summed E-state index contributed by atoms with van der Waals surface area (Å²) in [6.45, 7) is 5.66. The van der Waals surface area contributed by atoms with E-state index in [0.717, 1.165) is 16.9 Å². The van der Waals surface area contributed by atoms with Crippen molar-refractivity contribution in [2.45, 2.75) is 26.3 Å². The Morgan fingerprint density at radius 2 is 2.19 bits per heavy atom. The second-order valence-electron chi connectivity index (χ2n) is 4.62.